The van der Waals surface area contributed by atoms with E-state index in [1.165, 1.54) is 44.7 Å². The molecule has 0 aliphatic carbocycles. The van der Waals surface area contributed by atoms with Gasteiger partial charge in [-0.15, -0.1) is 0 Å². The summed E-state index contributed by atoms with van der Waals surface area (Å²) < 4.78 is 11.0. The maximum atomic E-state index is 5.63. The number of fused-ring (bicyclic) bond motifs is 1. The lowest BCUT2D eigenvalue weighted by atomic mass is 10.1. The number of hydrogen-bond acceptors (Lipinski definition) is 6. The third-order valence-electron chi connectivity index (χ3n) is 5.56. The normalized spacial score (nSPS) is 17.8. The smallest absolute Gasteiger partial charge is 0.231 e. The minimum absolute atomic E-state index is 0.341. The van der Waals surface area contributed by atoms with Gasteiger partial charge in [-0.3, -0.25) is 4.90 Å². The summed E-state index contributed by atoms with van der Waals surface area (Å²) in [4.78, 5) is 7.75. The number of hydrogen-bond donors (Lipinski definition) is 1. The lowest BCUT2D eigenvalue weighted by Gasteiger charge is -2.35. The van der Waals surface area contributed by atoms with Crippen molar-refractivity contribution in [3.63, 3.8) is 0 Å². The van der Waals surface area contributed by atoms with E-state index in [1.807, 2.05) is 6.07 Å². The number of nitrogens with zero attached hydrogens (tertiary/aromatic N) is 3. The van der Waals surface area contributed by atoms with Gasteiger partial charge in [0, 0.05) is 39.3 Å². The Morgan fingerprint density at radius 3 is 2.36 bits per heavy atom. The van der Waals surface area contributed by atoms with Crippen LogP contribution in [0, 0.1) is 5.92 Å². The van der Waals surface area contributed by atoms with Crippen molar-refractivity contribution >= 4 is 0 Å². The fourth-order valence-corrected chi connectivity index (χ4v) is 4.12. The van der Waals surface area contributed by atoms with E-state index in [4.69, 9.17) is 15.2 Å². The number of piperazine rings is 1. The van der Waals surface area contributed by atoms with Crippen molar-refractivity contribution in [2.75, 3.05) is 65.7 Å². The standard InChI is InChI=1S/C22H38N4O2/c1-19(2)16-26(17-20-5-6-21-22(15-20)28-18-27-21)10-4-9-25-13-11-24(12-14-25)8-3-7-23/h5-6,15,19H,3-4,7-14,16-18,23H2,1-2H3. The molecule has 6 nitrogen and oxygen atoms in total. The molecule has 0 saturated carbocycles. The summed E-state index contributed by atoms with van der Waals surface area (Å²) in [5.41, 5.74) is 6.93. The zero-order valence-corrected chi connectivity index (χ0v) is 17.7. The second kappa shape index (κ2) is 11.0. The second-order valence-electron chi connectivity index (χ2n) is 8.50. The van der Waals surface area contributed by atoms with Crippen molar-refractivity contribution in [2.24, 2.45) is 11.7 Å². The quantitative estimate of drug-likeness (QED) is 0.625. The lowest BCUT2D eigenvalue weighted by Crippen LogP contribution is -2.47. The van der Waals surface area contributed by atoms with Crippen LogP contribution >= 0.6 is 0 Å². The number of benzene rings is 1. The number of ether oxygens (including phenoxy) is 2. The van der Waals surface area contributed by atoms with E-state index in [0.717, 1.165) is 50.6 Å². The molecule has 3 rings (SSSR count). The van der Waals surface area contributed by atoms with Crippen molar-refractivity contribution in [1.29, 1.82) is 0 Å². The summed E-state index contributed by atoms with van der Waals surface area (Å²) in [5.74, 6) is 2.42. The number of rotatable bonds is 11. The number of nitrogens with two attached hydrogens (primary N) is 1. The van der Waals surface area contributed by atoms with E-state index in [-0.39, 0.29) is 0 Å². The molecule has 1 fully saturated rings. The Kier molecular flexibility index (Phi) is 8.40. The molecule has 158 valence electrons. The predicted molar refractivity (Wildman–Crippen MR) is 114 cm³/mol. The molecule has 0 bridgehead atoms. The fraction of sp³-hybridized carbons (Fsp3) is 0.727. The van der Waals surface area contributed by atoms with Gasteiger partial charge in [-0.05, 0) is 62.6 Å². The van der Waals surface area contributed by atoms with Crippen LogP contribution in [-0.4, -0.2) is 80.4 Å². The molecule has 0 unspecified atom stereocenters. The molecule has 1 aromatic carbocycles. The maximum absolute atomic E-state index is 5.63. The highest BCUT2D eigenvalue weighted by atomic mass is 16.7. The summed E-state index contributed by atoms with van der Waals surface area (Å²) >= 11 is 0. The summed E-state index contributed by atoms with van der Waals surface area (Å²) in [7, 11) is 0. The molecule has 6 heteroatoms. The van der Waals surface area contributed by atoms with E-state index >= 15 is 0 Å². The van der Waals surface area contributed by atoms with Crippen LogP contribution in [0.5, 0.6) is 11.5 Å². The Morgan fingerprint density at radius 1 is 1.00 bits per heavy atom. The zero-order chi connectivity index (χ0) is 19.8. The monoisotopic (exact) mass is 390 g/mol. The summed E-state index contributed by atoms with van der Waals surface area (Å²) in [5, 5.41) is 0. The van der Waals surface area contributed by atoms with Gasteiger partial charge in [0.05, 0.1) is 0 Å². The molecular weight excluding hydrogens is 352 g/mol. The van der Waals surface area contributed by atoms with Gasteiger partial charge in [-0.2, -0.15) is 0 Å². The molecular formula is C22H38N4O2. The van der Waals surface area contributed by atoms with E-state index in [1.54, 1.807) is 0 Å². The molecule has 0 spiro atoms. The Morgan fingerprint density at radius 2 is 1.68 bits per heavy atom. The zero-order valence-electron chi connectivity index (χ0n) is 17.7. The van der Waals surface area contributed by atoms with Crippen molar-refractivity contribution < 1.29 is 9.47 Å². The van der Waals surface area contributed by atoms with E-state index in [0.29, 0.717) is 12.7 Å². The fourth-order valence-electron chi connectivity index (χ4n) is 4.12. The summed E-state index contributed by atoms with van der Waals surface area (Å²) in [6.45, 7) is 16.1. The molecule has 2 N–H and O–H groups in total. The molecule has 2 heterocycles. The Hall–Kier alpha value is -1.34. The first kappa shape index (κ1) is 21.4. The van der Waals surface area contributed by atoms with E-state index < -0.39 is 0 Å². The van der Waals surface area contributed by atoms with Crippen LogP contribution in [0.2, 0.25) is 0 Å². The van der Waals surface area contributed by atoms with Crippen molar-refractivity contribution in [1.82, 2.24) is 14.7 Å². The summed E-state index contributed by atoms with van der Waals surface area (Å²) in [6, 6.07) is 6.34. The largest absolute Gasteiger partial charge is 0.454 e. The van der Waals surface area contributed by atoms with Crippen LogP contribution in [0.1, 0.15) is 32.3 Å². The van der Waals surface area contributed by atoms with Crippen LogP contribution in [0.4, 0.5) is 0 Å². The molecule has 0 amide bonds. The highest BCUT2D eigenvalue weighted by Crippen LogP contribution is 2.32. The average Bonchev–Trinajstić information content (AvgIpc) is 3.14. The van der Waals surface area contributed by atoms with Gasteiger partial charge in [0.25, 0.3) is 0 Å². The molecule has 2 aliphatic rings. The van der Waals surface area contributed by atoms with Gasteiger partial charge in [-0.1, -0.05) is 19.9 Å². The van der Waals surface area contributed by atoms with Gasteiger partial charge in [0.2, 0.25) is 6.79 Å². The van der Waals surface area contributed by atoms with Gasteiger partial charge in [-0.25, -0.2) is 0 Å². The lowest BCUT2D eigenvalue weighted by molar-refractivity contribution is 0.124. The molecule has 28 heavy (non-hydrogen) atoms. The first-order valence-electron chi connectivity index (χ1n) is 10.9. The Balaban J connectivity index is 1.42. The van der Waals surface area contributed by atoms with Crippen LogP contribution < -0.4 is 15.2 Å². The third kappa shape index (κ3) is 6.62. The molecule has 0 atom stereocenters. The van der Waals surface area contributed by atoms with Crippen LogP contribution in [0.3, 0.4) is 0 Å². The second-order valence-corrected chi connectivity index (χ2v) is 8.50. The highest BCUT2D eigenvalue weighted by Gasteiger charge is 2.18. The average molecular weight is 391 g/mol. The van der Waals surface area contributed by atoms with Crippen molar-refractivity contribution in [3.8, 4) is 11.5 Å². The minimum atomic E-state index is 0.341. The molecule has 1 aromatic rings. The molecule has 0 radical (unpaired) electrons. The van der Waals surface area contributed by atoms with E-state index in [9.17, 15) is 0 Å². The third-order valence-corrected chi connectivity index (χ3v) is 5.56. The van der Waals surface area contributed by atoms with Gasteiger partial charge in [0.15, 0.2) is 11.5 Å². The Labute approximate surface area is 170 Å². The van der Waals surface area contributed by atoms with Crippen LogP contribution in [0.25, 0.3) is 0 Å². The van der Waals surface area contributed by atoms with Gasteiger partial charge in [0.1, 0.15) is 0 Å². The van der Waals surface area contributed by atoms with Crippen LogP contribution in [-0.2, 0) is 6.54 Å². The highest BCUT2D eigenvalue weighted by molar-refractivity contribution is 5.44. The topological polar surface area (TPSA) is 54.2 Å². The van der Waals surface area contributed by atoms with E-state index in [2.05, 4.69) is 40.7 Å². The van der Waals surface area contributed by atoms with Crippen LogP contribution in [0.15, 0.2) is 18.2 Å². The van der Waals surface area contributed by atoms with Crippen molar-refractivity contribution in [3.05, 3.63) is 23.8 Å². The maximum Gasteiger partial charge on any atom is 0.231 e. The molecule has 1 saturated heterocycles. The SMILES string of the molecule is CC(C)CN(CCCN1CCN(CCCN)CC1)Cc1ccc2c(c1)OCO2. The molecule has 0 aromatic heterocycles. The first-order valence-corrected chi connectivity index (χ1v) is 10.9. The first-order chi connectivity index (χ1) is 13.6. The molecule has 2 aliphatic heterocycles. The van der Waals surface area contributed by atoms with Crippen molar-refractivity contribution in [2.45, 2.75) is 33.2 Å². The van der Waals surface area contributed by atoms with Gasteiger partial charge < -0.3 is 25.0 Å². The summed E-state index contributed by atoms with van der Waals surface area (Å²) in [6.07, 6.45) is 2.34. The Bertz CT molecular complexity index is 588. The minimum Gasteiger partial charge on any atom is -0.454 e. The predicted octanol–water partition coefficient (Wildman–Crippen LogP) is 2.23. The van der Waals surface area contributed by atoms with Gasteiger partial charge >= 0.3 is 0 Å².